The maximum Gasteiger partial charge on any atom is 0.387 e. The number of rotatable bonds is 4. The van der Waals surface area contributed by atoms with Crippen LogP contribution < -0.4 is 10.1 Å². The zero-order valence-electron chi connectivity index (χ0n) is 11.4. The summed E-state index contributed by atoms with van der Waals surface area (Å²) < 4.78 is 34.1. The van der Waals surface area contributed by atoms with E-state index in [2.05, 4.69) is 10.1 Å². The monoisotopic (exact) mass is 285 g/mol. The molecule has 0 radical (unpaired) electrons. The zero-order valence-corrected chi connectivity index (χ0v) is 11.4. The molecule has 110 valence electrons. The van der Waals surface area contributed by atoms with Gasteiger partial charge in [0.2, 0.25) is 5.91 Å². The van der Waals surface area contributed by atoms with Crippen molar-refractivity contribution >= 4 is 11.6 Å². The number of aryl methyl sites for hydroxylation is 2. The van der Waals surface area contributed by atoms with Gasteiger partial charge < -0.3 is 14.8 Å². The van der Waals surface area contributed by atoms with Crippen LogP contribution in [0.4, 0.5) is 14.5 Å². The molecule has 6 heteroatoms. The first kappa shape index (κ1) is 14.7. The number of hydrogen-bond acceptors (Lipinski definition) is 3. The molecular weight excluding hydrogens is 268 g/mol. The molecule has 1 aromatic rings. The Bertz CT molecular complexity index is 499. The van der Waals surface area contributed by atoms with E-state index in [-0.39, 0.29) is 17.6 Å². The number of alkyl halides is 2. The van der Waals surface area contributed by atoms with Crippen molar-refractivity contribution in [3.8, 4) is 5.75 Å². The molecule has 1 amide bonds. The lowest BCUT2D eigenvalue weighted by Crippen LogP contribution is -2.23. The Balaban J connectivity index is 2.12. The van der Waals surface area contributed by atoms with Crippen LogP contribution in [0, 0.1) is 19.8 Å². The molecule has 2 rings (SSSR count). The van der Waals surface area contributed by atoms with Gasteiger partial charge in [-0.1, -0.05) is 0 Å². The van der Waals surface area contributed by atoms with Gasteiger partial charge in [0.1, 0.15) is 5.75 Å². The zero-order chi connectivity index (χ0) is 14.7. The molecule has 1 saturated heterocycles. The first-order valence-corrected chi connectivity index (χ1v) is 6.42. The highest BCUT2D eigenvalue weighted by Crippen LogP contribution is 2.28. The molecule has 0 spiro atoms. The smallest absolute Gasteiger partial charge is 0.387 e. The number of amides is 1. The van der Waals surface area contributed by atoms with Gasteiger partial charge in [-0.25, -0.2) is 0 Å². The Hall–Kier alpha value is -1.69. The van der Waals surface area contributed by atoms with Gasteiger partial charge in [0.15, 0.2) is 0 Å². The summed E-state index contributed by atoms with van der Waals surface area (Å²) in [6.45, 7) is 1.56. The second-order valence-electron chi connectivity index (χ2n) is 4.86. The molecule has 1 unspecified atom stereocenters. The first-order valence-electron chi connectivity index (χ1n) is 6.42. The second-order valence-corrected chi connectivity index (χ2v) is 4.86. The molecule has 0 bridgehead atoms. The summed E-state index contributed by atoms with van der Waals surface area (Å²) in [7, 11) is 0. The van der Waals surface area contributed by atoms with Crippen LogP contribution in [0.1, 0.15) is 17.5 Å². The molecule has 1 aliphatic heterocycles. The average molecular weight is 285 g/mol. The number of halogens is 2. The summed E-state index contributed by atoms with van der Waals surface area (Å²) in [5.41, 5.74) is 1.84. The summed E-state index contributed by atoms with van der Waals surface area (Å²) >= 11 is 0. The number of hydrogen-bond donors (Lipinski definition) is 1. The molecule has 1 aliphatic rings. The molecule has 1 aromatic carbocycles. The summed E-state index contributed by atoms with van der Waals surface area (Å²) in [5, 5.41) is 2.81. The maximum atomic E-state index is 12.2. The normalized spacial score (nSPS) is 18.4. The van der Waals surface area contributed by atoms with E-state index in [1.807, 2.05) is 0 Å². The molecule has 1 heterocycles. The van der Waals surface area contributed by atoms with E-state index >= 15 is 0 Å². The fourth-order valence-electron chi connectivity index (χ4n) is 2.12. The van der Waals surface area contributed by atoms with E-state index in [1.54, 1.807) is 19.9 Å². The van der Waals surface area contributed by atoms with Gasteiger partial charge in [-0.15, -0.1) is 0 Å². The topological polar surface area (TPSA) is 47.6 Å². The summed E-state index contributed by atoms with van der Waals surface area (Å²) in [6, 6.07) is 3.14. The van der Waals surface area contributed by atoms with E-state index in [0.717, 1.165) is 0 Å². The standard InChI is InChI=1S/C14H17F2NO3/c1-8-6-12(20-14(15)16)9(2)5-11(8)17-13(18)10-3-4-19-7-10/h5-6,10,14H,3-4,7H2,1-2H3,(H,17,18). The number of anilines is 1. The highest BCUT2D eigenvalue weighted by Gasteiger charge is 2.24. The van der Waals surface area contributed by atoms with Crippen molar-refractivity contribution in [2.24, 2.45) is 5.92 Å². The predicted octanol–water partition coefficient (Wildman–Crippen LogP) is 2.88. The van der Waals surface area contributed by atoms with Crippen molar-refractivity contribution in [3.63, 3.8) is 0 Å². The Labute approximate surface area is 116 Å². The predicted molar refractivity (Wildman–Crippen MR) is 70.1 cm³/mol. The van der Waals surface area contributed by atoms with Crippen molar-refractivity contribution in [1.82, 2.24) is 0 Å². The third kappa shape index (κ3) is 3.45. The van der Waals surface area contributed by atoms with E-state index in [0.29, 0.717) is 36.4 Å². The van der Waals surface area contributed by atoms with Crippen LogP contribution in [-0.4, -0.2) is 25.7 Å². The molecule has 0 aliphatic carbocycles. The van der Waals surface area contributed by atoms with Crippen LogP contribution >= 0.6 is 0 Å². The van der Waals surface area contributed by atoms with E-state index in [1.165, 1.54) is 6.07 Å². The fourth-order valence-corrected chi connectivity index (χ4v) is 2.12. The Morgan fingerprint density at radius 3 is 2.75 bits per heavy atom. The molecule has 20 heavy (non-hydrogen) atoms. The van der Waals surface area contributed by atoms with Crippen LogP contribution in [-0.2, 0) is 9.53 Å². The van der Waals surface area contributed by atoms with Crippen molar-refractivity contribution in [3.05, 3.63) is 23.3 Å². The molecule has 1 atom stereocenters. The number of benzene rings is 1. The van der Waals surface area contributed by atoms with Crippen LogP contribution in [0.25, 0.3) is 0 Å². The minimum absolute atomic E-state index is 0.104. The van der Waals surface area contributed by atoms with Crippen molar-refractivity contribution in [2.45, 2.75) is 26.9 Å². The summed E-state index contributed by atoms with van der Waals surface area (Å²) in [6.07, 6.45) is 0.705. The summed E-state index contributed by atoms with van der Waals surface area (Å²) in [5.74, 6) is -0.126. The first-order chi connectivity index (χ1) is 9.47. The van der Waals surface area contributed by atoms with Crippen molar-refractivity contribution in [2.75, 3.05) is 18.5 Å². The molecule has 0 saturated carbocycles. The van der Waals surface area contributed by atoms with Crippen LogP contribution in [0.2, 0.25) is 0 Å². The minimum atomic E-state index is -2.86. The highest BCUT2D eigenvalue weighted by atomic mass is 19.3. The Morgan fingerprint density at radius 1 is 1.40 bits per heavy atom. The van der Waals surface area contributed by atoms with Crippen molar-refractivity contribution in [1.29, 1.82) is 0 Å². The number of nitrogens with one attached hydrogen (secondary N) is 1. The van der Waals surface area contributed by atoms with Crippen LogP contribution in [0.3, 0.4) is 0 Å². The number of ether oxygens (including phenoxy) is 2. The van der Waals surface area contributed by atoms with E-state index in [9.17, 15) is 13.6 Å². The third-order valence-electron chi connectivity index (χ3n) is 3.30. The van der Waals surface area contributed by atoms with Gasteiger partial charge in [0, 0.05) is 12.3 Å². The lowest BCUT2D eigenvalue weighted by molar-refractivity contribution is -0.119. The molecule has 1 N–H and O–H groups in total. The Kier molecular flexibility index (Phi) is 4.54. The molecule has 0 aromatic heterocycles. The Morgan fingerprint density at radius 2 is 2.15 bits per heavy atom. The van der Waals surface area contributed by atoms with Crippen molar-refractivity contribution < 1.29 is 23.0 Å². The van der Waals surface area contributed by atoms with Crippen LogP contribution in [0.15, 0.2) is 12.1 Å². The number of carbonyl (C=O) groups is 1. The minimum Gasteiger partial charge on any atom is -0.435 e. The van der Waals surface area contributed by atoms with E-state index in [4.69, 9.17) is 4.74 Å². The lowest BCUT2D eigenvalue weighted by atomic mass is 10.1. The summed E-state index contributed by atoms with van der Waals surface area (Å²) in [4.78, 5) is 12.0. The number of carbonyl (C=O) groups excluding carboxylic acids is 1. The lowest BCUT2D eigenvalue weighted by Gasteiger charge is -2.15. The largest absolute Gasteiger partial charge is 0.435 e. The van der Waals surface area contributed by atoms with Gasteiger partial charge in [-0.2, -0.15) is 8.78 Å². The molecule has 4 nitrogen and oxygen atoms in total. The third-order valence-corrected chi connectivity index (χ3v) is 3.30. The van der Waals surface area contributed by atoms with Gasteiger partial charge in [-0.3, -0.25) is 4.79 Å². The highest BCUT2D eigenvalue weighted by molar-refractivity contribution is 5.93. The van der Waals surface area contributed by atoms with Crippen LogP contribution in [0.5, 0.6) is 5.75 Å². The quantitative estimate of drug-likeness (QED) is 0.925. The molecule has 1 fully saturated rings. The maximum absolute atomic E-state index is 12.2. The fraction of sp³-hybridized carbons (Fsp3) is 0.500. The van der Waals surface area contributed by atoms with Gasteiger partial charge in [0.25, 0.3) is 0 Å². The molecular formula is C14H17F2NO3. The van der Waals surface area contributed by atoms with E-state index < -0.39 is 6.61 Å². The second kappa shape index (κ2) is 6.17. The van der Waals surface area contributed by atoms with Gasteiger partial charge in [-0.05, 0) is 43.5 Å². The van der Waals surface area contributed by atoms with Gasteiger partial charge in [0.05, 0.1) is 12.5 Å². The SMILES string of the molecule is Cc1cc(OC(F)F)c(C)cc1NC(=O)C1CCOC1. The average Bonchev–Trinajstić information content (AvgIpc) is 2.88. The van der Waals surface area contributed by atoms with Gasteiger partial charge >= 0.3 is 6.61 Å².